The van der Waals surface area contributed by atoms with Gasteiger partial charge in [-0.1, -0.05) is 45.0 Å². The summed E-state index contributed by atoms with van der Waals surface area (Å²) in [7, 11) is 0.0922. The Morgan fingerprint density at radius 3 is 2.39 bits per heavy atom. The van der Waals surface area contributed by atoms with Gasteiger partial charge < -0.3 is 4.43 Å². The Morgan fingerprint density at radius 2 is 1.94 bits per heavy atom. The third-order valence-electron chi connectivity index (χ3n) is 2.59. The molecule has 3 radical (unpaired) electrons. The summed E-state index contributed by atoms with van der Waals surface area (Å²) in [5.41, 5.74) is 1.68. The van der Waals surface area contributed by atoms with Crippen LogP contribution in [-0.4, -0.2) is 25.2 Å². The molecule has 0 aliphatic rings. The first kappa shape index (κ1) is 15.4. The van der Waals surface area contributed by atoms with Gasteiger partial charge in [0.15, 0.2) is 9.84 Å². The van der Waals surface area contributed by atoms with Gasteiger partial charge in [-0.25, -0.2) is 8.42 Å². The van der Waals surface area contributed by atoms with Crippen LogP contribution in [0, 0.1) is 5.41 Å². The molecule has 1 unspecified atom stereocenters. The number of sulfone groups is 1. The van der Waals surface area contributed by atoms with Crippen LogP contribution < -0.4 is 0 Å². The molecule has 5 heteroatoms. The van der Waals surface area contributed by atoms with E-state index in [1.54, 1.807) is 0 Å². The van der Waals surface area contributed by atoms with E-state index in [4.69, 9.17) is 4.43 Å². The highest BCUT2D eigenvalue weighted by Crippen LogP contribution is 2.35. The predicted octanol–water partition coefficient (Wildman–Crippen LogP) is 2.42. The third kappa shape index (κ3) is 4.55. The number of rotatable bonds is 4. The van der Waals surface area contributed by atoms with Crippen LogP contribution in [0.1, 0.15) is 38.0 Å². The fourth-order valence-electron chi connectivity index (χ4n) is 1.89. The molecule has 0 amide bonds. The second-order valence-electron chi connectivity index (χ2n) is 5.68. The smallest absolute Gasteiger partial charge is 0.247 e. The second kappa shape index (κ2) is 5.55. The molecule has 0 saturated heterocycles. The minimum Gasteiger partial charge on any atom is -0.411 e. The molecule has 1 aromatic carbocycles. The average Bonchev–Trinajstić information content (AvgIpc) is 2.13. The molecule has 1 aromatic rings. The van der Waals surface area contributed by atoms with E-state index in [1.165, 1.54) is 6.26 Å². The topological polar surface area (TPSA) is 43.4 Å². The number of hydrogen-bond donors (Lipinski definition) is 0. The van der Waals surface area contributed by atoms with Gasteiger partial charge in [0.2, 0.25) is 10.5 Å². The first-order chi connectivity index (χ1) is 8.13. The molecule has 99 valence electrons. The van der Waals surface area contributed by atoms with Gasteiger partial charge in [0.05, 0.1) is 11.9 Å². The summed E-state index contributed by atoms with van der Waals surface area (Å²) in [5, 5.41) is 0. The third-order valence-corrected chi connectivity index (χ3v) is 3.68. The van der Waals surface area contributed by atoms with Crippen molar-refractivity contribution in [1.82, 2.24) is 0 Å². The van der Waals surface area contributed by atoms with E-state index in [0.717, 1.165) is 11.1 Å². The summed E-state index contributed by atoms with van der Waals surface area (Å²) in [6.45, 7) is 6.21. The van der Waals surface area contributed by atoms with Gasteiger partial charge in [0.1, 0.15) is 0 Å². The molecule has 18 heavy (non-hydrogen) atoms. The van der Waals surface area contributed by atoms with Crippen molar-refractivity contribution in [3.63, 3.8) is 0 Å². The molecular weight excluding hydrogens is 264 g/mol. The lowest BCUT2D eigenvalue weighted by atomic mass is 9.84. The largest absolute Gasteiger partial charge is 0.411 e. The number of hydrogen-bond acceptors (Lipinski definition) is 3. The first-order valence-corrected chi connectivity index (χ1v) is 8.19. The van der Waals surface area contributed by atoms with Crippen molar-refractivity contribution in [2.45, 2.75) is 32.6 Å². The fourth-order valence-corrected chi connectivity index (χ4v) is 3.17. The van der Waals surface area contributed by atoms with Gasteiger partial charge in [0.25, 0.3) is 0 Å². The Kier molecular flexibility index (Phi) is 4.75. The van der Waals surface area contributed by atoms with Gasteiger partial charge in [-0.05, 0) is 16.5 Å². The molecule has 0 fully saturated rings. The van der Waals surface area contributed by atoms with Gasteiger partial charge >= 0.3 is 0 Å². The molecular formula is C13H19O3SSi. The zero-order valence-electron chi connectivity index (χ0n) is 11.2. The van der Waals surface area contributed by atoms with Crippen LogP contribution in [-0.2, 0) is 20.0 Å². The Labute approximate surface area is 113 Å². The zero-order chi connectivity index (χ0) is 14.0. The second-order valence-corrected chi connectivity index (χ2v) is 8.05. The van der Waals surface area contributed by atoms with Crippen molar-refractivity contribution < 1.29 is 12.8 Å². The highest BCUT2D eigenvalue weighted by Gasteiger charge is 2.25. The quantitative estimate of drug-likeness (QED) is 0.797. The van der Waals surface area contributed by atoms with E-state index >= 15 is 0 Å². The molecule has 1 rings (SSSR count). The van der Waals surface area contributed by atoms with Gasteiger partial charge in [0, 0.05) is 6.26 Å². The summed E-state index contributed by atoms with van der Waals surface area (Å²) in [6, 6.07) is 7.51. The molecule has 0 N–H and O–H groups in total. The fraction of sp³-hybridized carbons (Fsp3) is 0.538. The molecule has 0 aliphatic carbocycles. The molecule has 0 aliphatic heterocycles. The van der Waals surface area contributed by atoms with Crippen LogP contribution in [0.5, 0.6) is 0 Å². The van der Waals surface area contributed by atoms with Gasteiger partial charge in [-0.2, -0.15) is 0 Å². The van der Waals surface area contributed by atoms with Crippen molar-refractivity contribution in [3.8, 4) is 0 Å². The SMILES string of the molecule is CC(C)(C)C(O[Si])c1cccc(CS(C)(=O)=O)c1. The Morgan fingerprint density at radius 1 is 1.33 bits per heavy atom. The van der Waals surface area contributed by atoms with Gasteiger partial charge in [-0.15, -0.1) is 0 Å². The lowest BCUT2D eigenvalue weighted by Gasteiger charge is -2.30. The van der Waals surface area contributed by atoms with E-state index < -0.39 is 9.84 Å². The maximum absolute atomic E-state index is 11.3. The van der Waals surface area contributed by atoms with Crippen LogP contribution in [0.15, 0.2) is 24.3 Å². The minimum absolute atomic E-state index is 0.0550. The maximum atomic E-state index is 11.3. The van der Waals surface area contributed by atoms with Crippen molar-refractivity contribution >= 4 is 20.3 Å². The van der Waals surface area contributed by atoms with Crippen molar-refractivity contribution in [3.05, 3.63) is 35.4 Å². The monoisotopic (exact) mass is 283 g/mol. The van der Waals surface area contributed by atoms with Crippen LogP contribution in [0.2, 0.25) is 0 Å². The van der Waals surface area contributed by atoms with E-state index in [2.05, 4.69) is 31.3 Å². The summed E-state index contributed by atoms with van der Waals surface area (Å²) in [6.07, 6.45) is 1.11. The normalized spacial score (nSPS) is 14.5. The van der Waals surface area contributed by atoms with E-state index in [1.807, 2.05) is 24.3 Å². The summed E-state index contributed by atoms with van der Waals surface area (Å²) < 4.78 is 28.0. The van der Waals surface area contributed by atoms with Gasteiger partial charge in [-0.3, -0.25) is 0 Å². The van der Waals surface area contributed by atoms with Crippen LogP contribution in [0.3, 0.4) is 0 Å². The molecule has 0 saturated carbocycles. The predicted molar refractivity (Wildman–Crippen MR) is 74.0 cm³/mol. The highest BCUT2D eigenvalue weighted by molar-refractivity contribution is 7.89. The highest BCUT2D eigenvalue weighted by atomic mass is 32.2. The van der Waals surface area contributed by atoms with Crippen molar-refractivity contribution in [1.29, 1.82) is 0 Å². The molecule has 0 bridgehead atoms. The summed E-state index contributed by atoms with van der Waals surface area (Å²) in [5.74, 6) is 0.0550. The first-order valence-electron chi connectivity index (χ1n) is 5.72. The number of benzene rings is 1. The molecule has 0 aromatic heterocycles. The molecule has 0 heterocycles. The minimum atomic E-state index is -3.01. The standard InChI is InChI=1S/C13H19O3SSi/c1-13(2,3)12(16-18)11-7-5-6-10(8-11)9-17(4,14)15/h5-8,12H,9H2,1-4H3. The Balaban J connectivity index is 3.08. The average molecular weight is 283 g/mol. The Bertz CT molecular complexity index is 503. The van der Waals surface area contributed by atoms with E-state index in [0.29, 0.717) is 0 Å². The lowest BCUT2D eigenvalue weighted by Crippen LogP contribution is -2.20. The summed E-state index contributed by atoms with van der Waals surface area (Å²) in [4.78, 5) is 0. The van der Waals surface area contributed by atoms with Crippen LogP contribution >= 0.6 is 0 Å². The molecule has 1 atom stereocenters. The molecule has 0 spiro atoms. The summed E-state index contributed by atoms with van der Waals surface area (Å²) >= 11 is 0. The zero-order valence-corrected chi connectivity index (χ0v) is 13.0. The van der Waals surface area contributed by atoms with Crippen LogP contribution in [0.4, 0.5) is 0 Å². The molecule has 3 nitrogen and oxygen atoms in total. The van der Waals surface area contributed by atoms with E-state index in [9.17, 15) is 8.42 Å². The van der Waals surface area contributed by atoms with E-state index in [-0.39, 0.29) is 17.3 Å². The van der Waals surface area contributed by atoms with Crippen LogP contribution in [0.25, 0.3) is 0 Å². The Hall–Kier alpha value is -0.653. The lowest BCUT2D eigenvalue weighted by molar-refractivity contribution is 0.0973. The van der Waals surface area contributed by atoms with Crippen molar-refractivity contribution in [2.24, 2.45) is 5.41 Å². The van der Waals surface area contributed by atoms with Crippen molar-refractivity contribution in [2.75, 3.05) is 6.26 Å². The maximum Gasteiger partial charge on any atom is 0.247 e.